The maximum atomic E-state index is 12.6. The van der Waals surface area contributed by atoms with Crippen molar-refractivity contribution in [1.82, 2.24) is 4.90 Å². The predicted molar refractivity (Wildman–Crippen MR) is 90.1 cm³/mol. The van der Waals surface area contributed by atoms with Gasteiger partial charge in [-0.05, 0) is 42.0 Å². The Kier molecular flexibility index (Phi) is 3.93. The van der Waals surface area contributed by atoms with Crippen molar-refractivity contribution in [2.75, 3.05) is 27.3 Å². The van der Waals surface area contributed by atoms with Gasteiger partial charge in [0, 0.05) is 31.5 Å². The van der Waals surface area contributed by atoms with Gasteiger partial charge in [-0.2, -0.15) is 0 Å². The molecule has 0 spiro atoms. The zero-order chi connectivity index (χ0) is 18.1. The topological polar surface area (TPSA) is 38.8 Å². The van der Waals surface area contributed by atoms with Crippen molar-refractivity contribution in [3.63, 3.8) is 0 Å². The minimum absolute atomic E-state index is 0.102. The first-order valence-electron chi connectivity index (χ1n) is 9.53. The van der Waals surface area contributed by atoms with E-state index in [-0.39, 0.29) is 12.0 Å². The van der Waals surface area contributed by atoms with E-state index in [0.717, 1.165) is 37.1 Å². The van der Waals surface area contributed by atoms with Crippen LogP contribution in [0.3, 0.4) is 0 Å². The first-order chi connectivity index (χ1) is 11.9. The average molecular weight is 319 g/mol. The van der Waals surface area contributed by atoms with Gasteiger partial charge < -0.3 is 9.47 Å². The lowest BCUT2D eigenvalue weighted by molar-refractivity contribution is -0.129. The standard InChI is InChI=1S/C19H27NO3/c1-12(2)7-14-11-20-6-5-13-8-18(22-3)19(23-4)9-15(13)16(20)10-17(14)21/h8-9,12,14,16H,5-7,10-11H2,1-4H3/t14-,16+/m0/s1/i3D2. The first-order valence-corrected chi connectivity index (χ1v) is 8.37. The molecule has 2 heterocycles. The molecule has 0 radical (unpaired) electrons. The number of rotatable bonds is 4. The molecule has 126 valence electrons. The van der Waals surface area contributed by atoms with E-state index < -0.39 is 7.06 Å². The van der Waals surface area contributed by atoms with Crippen LogP contribution in [0.25, 0.3) is 0 Å². The number of carbonyl (C=O) groups excluding carboxylic acids is 1. The molecule has 0 N–H and O–H groups in total. The second kappa shape index (κ2) is 6.52. The molecule has 0 aliphatic carbocycles. The summed E-state index contributed by atoms with van der Waals surface area (Å²) in [4.78, 5) is 15.1. The highest BCUT2D eigenvalue weighted by atomic mass is 16.5. The van der Waals surface area contributed by atoms with Crippen LogP contribution in [0.15, 0.2) is 12.1 Å². The van der Waals surface area contributed by atoms with Crippen LogP contribution in [-0.2, 0) is 11.2 Å². The van der Waals surface area contributed by atoms with E-state index in [4.69, 9.17) is 12.2 Å². The van der Waals surface area contributed by atoms with Crippen molar-refractivity contribution in [2.24, 2.45) is 11.8 Å². The van der Waals surface area contributed by atoms with Crippen molar-refractivity contribution < 1.29 is 17.0 Å². The Bertz CT molecular complexity index is 648. The van der Waals surface area contributed by atoms with Crippen molar-refractivity contribution in [3.8, 4) is 11.5 Å². The number of benzene rings is 1. The molecule has 1 aromatic rings. The van der Waals surface area contributed by atoms with Crippen LogP contribution in [0.4, 0.5) is 0 Å². The minimum atomic E-state index is -1.39. The van der Waals surface area contributed by atoms with Gasteiger partial charge in [0.2, 0.25) is 0 Å². The van der Waals surface area contributed by atoms with Crippen LogP contribution in [-0.4, -0.2) is 37.9 Å². The molecule has 4 heteroatoms. The molecule has 4 nitrogen and oxygen atoms in total. The molecule has 0 saturated carbocycles. The molecular formula is C19H27NO3. The maximum Gasteiger partial charge on any atom is 0.161 e. The Hall–Kier alpha value is -1.55. The Labute approximate surface area is 141 Å². The van der Waals surface area contributed by atoms with Gasteiger partial charge in [0.05, 0.1) is 16.9 Å². The number of Topliss-reactive ketones (excluding diaryl/α,β-unsaturated/α-hetero) is 1. The summed E-state index contributed by atoms with van der Waals surface area (Å²) in [5.74, 6) is 2.01. The number of ketones is 1. The molecule has 1 aromatic carbocycles. The van der Waals surface area contributed by atoms with Crippen LogP contribution < -0.4 is 9.47 Å². The fourth-order valence-corrected chi connectivity index (χ4v) is 3.99. The summed E-state index contributed by atoms with van der Waals surface area (Å²) < 4.78 is 25.3. The van der Waals surface area contributed by atoms with E-state index in [1.165, 1.54) is 0 Å². The lowest BCUT2D eigenvalue weighted by Gasteiger charge is -2.43. The summed E-state index contributed by atoms with van der Waals surface area (Å²) in [6.45, 7) is 6.10. The second-order valence-corrected chi connectivity index (χ2v) is 7.08. The molecule has 0 amide bonds. The number of hydrogen-bond acceptors (Lipinski definition) is 4. The van der Waals surface area contributed by atoms with E-state index in [9.17, 15) is 4.79 Å². The number of nitrogens with zero attached hydrogens (tertiary/aromatic N) is 1. The van der Waals surface area contributed by atoms with Crippen LogP contribution in [0.1, 0.15) is 46.6 Å². The zero-order valence-electron chi connectivity index (χ0n) is 16.2. The number of fused-ring (bicyclic) bond motifs is 3. The Balaban J connectivity index is 1.87. The Morgan fingerprint density at radius 3 is 2.83 bits per heavy atom. The van der Waals surface area contributed by atoms with E-state index in [2.05, 4.69) is 18.7 Å². The molecular weight excluding hydrogens is 290 g/mol. The van der Waals surface area contributed by atoms with E-state index in [1.54, 1.807) is 7.11 Å². The number of piperidine rings is 1. The van der Waals surface area contributed by atoms with Gasteiger partial charge in [-0.3, -0.25) is 9.69 Å². The normalized spacial score (nSPS) is 25.7. The van der Waals surface area contributed by atoms with Crippen LogP contribution in [0.5, 0.6) is 11.5 Å². The average Bonchev–Trinajstić information content (AvgIpc) is 2.54. The summed E-state index contributed by atoms with van der Waals surface area (Å²) in [6, 6.07) is 3.91. The van der Waals surface area contributed by atoms with Crippen molar-refractivity contribution in [1.29, 1.82) is 0 Å². The van der Waals surface area contributed by atoms with Gasteiger partial charge in [-0.25, -0.2) is 0 Å². The molecule has 0 bridgehead atoms. The number of methoxy groups -OCH3 is 2. The lowest BCUT2D eigenvalue weighted by atomic mass is 9.80. The lowest BCUT2D eigenvalue weighted by Crippen LogP contribution is -2.46. The van der Waals surface area contributed by atoms with Gasteiger partial charge in [0.25, 0.3) is 0 Å². The molecule has 2 atom stereocenters. The van der Waals surface area contributed by atoms with Gasteiger partial charge in [0.15, 0.2) is 11.5 Å². The van der Waals surface area contributed by atoms with Crippen LogP contribution in [0.2, 0.25) is 0 Å². The summed E-state index contributed by atoms with van der Waals surface area (Å²) >= 11 is 0. The summed E-state index contributed by atoms with van der Waals surface area (Å²) in [5.41, 5.74) is 2.26. The third-order valence-corrected chi connectivity index (χ3v) is 5.08. The maximum absolute atomic E-state index is 12.6. The molecule has 1 fully saturated rings. The molecule has 2 aliphatic heterocycles. The highest BCUT2D eigenvalue weighted by Crippen LogP contribution is 2.42. The van der Waals surface area contributed by atoms with E-state index >= 15 is 0 Å². The summed E-state index contributed by atoms with van der Waals surface area (Å²) in [6.07, 6.45) is 2.39. The quantitative estimate of drug-likeness (QED) is 0.854. The van der Waals surface area contributed by atoms with Crippen molar-refractivity contribution >= 4 is 5.78 Å². The molecule has 0 unspecified atom stereocenters. The molecule has 3 rings (SSSR count). The van der Waals surface area contributed by atoms with Gasteiger partial charge >= 0.3 is 0 Å². The van der Waals surface area contributed by atoms with Gasteiger partial charge in [-0.1, -0.05) is 13.8 Å². The van der Waals surface area contributed by atoms with Crippen molar-refractivity contribution in [2.45, 2.75) is 39.2 Å². The smallest absolute Gasteiger partial charge is 0.161 e. The molecule has 2 aliphatic rings. The van der Waals surface area contributed by atoms with Gasteiger partial charge in [0.1, 0.15) is 5.78 Å². The van der Waals surface area contributed by atoms with Crippen molar-refractivity contribution in [3.05, 3.63) is 23.3 Å². The number of carbonyl (C=O) groups is 1. The number of hydrogen-bond donors (Lipinski definition) is 0. The highest BCUT2D eigenvalue weighted by Gasteiger charge is 2.38. The highest BCUT2D eigenvalue weighted by molar-refractivity contribution is 5.83. The van der Waals surface area contributed by atoms with E-state index in [1.807, 2.05) is 12.1 Å². The van der Waals surface area contributed by atoms with Crippen LogP contribution >= 0.6 is 0 Å². The largest absolute Gasteiger partial charge is 0.493 e. The second-order valence-electron chi connectivity index (χ2n) is 7.08. The fourth-order valence-electron chi connectivity index (χ4n) is 3.99. The minimum Gasteiger partial charge on any atom is -0.493 e. The SMILES string of the molecule is [2H]C([2H])Oc1cc2c(cc1OC)[C@H]1CC(=O)[C@@H](CC(C)C)CN1CC2. The van der Waals surface area contributed by atoms with Gasteiger partial charge in [-0.15, -0.1) is 0 Å². The monoisotopic (exact) mass is 319 g/mol. The van der Waals surface area contributed by atoms with E-state index in [0.29, 0.717) is 29.6 Å². The first kappa shape index (κ1) is 13.8. The third-order valence-electron chi connectivity index (χ3n) is 5.08. The zero-order valence-corrected chi connectivity index (χ0v) is 14.2. The molecule has 23 heavy (non-hydrogen) atoms. The third kappa shape index (κ3) is 3.09. The van der Waals surface area contributed by atoms with Crippen LogP contribution in [0, 0.1) is 11.8 Å². The fraction of sp³-hybridized carbons (Fsp3) is 0.632. The summed E-state index contributed by atoms with van der Waals surface area (Å²) in [5, 5.41) is 0. The summed E-state index contributed by atoms with van der Waals surface area (Å²) in [7, 11) is 0.169. The molecule has 1 saturated heterocycles. The number of ether oxygens (including phenoxy) is 2. The predicted octanol–water partition coefficient (Wildman–Crippen LogP) is 3.24. The Morgan fingerprint density at radius 1 is 1.35 bits per heavy atom. The molecule has 0 aromatic heterocycles. The Morgan fingerprint density at radius 2 is 2.13 bits per heavy atom.